The maximum atomic E-state index is 9.52. The summed E-state index contributed by atoms with van der Waals surface area (Å²) in [5, 5.41) is 9.52. The van der Waals surface area contributed by atoms with Crippen LogP contribution >= 0.6 is 0 Å². The second-order valence-corrected chi connectivity index (χ2v) is 5.24. The van der Waals surface area contributed by atoms with Crippen molar-refractivity contribution in [3.8, 4) is 6.07 Å². The van der Waals surface area contributed by atoms with E-state index in [-0.39, 0.29) is 0 Å². The third-order valence-corrected chi connectivity index (χ3v) is 3.20. The van der Waals surface area contributed by atoms with E-state index in [0.717, 1.165) is 5.56 Å². The molecular weight excluding hydrogens is 302 g/mol. The van der Waals surface area contributed by atoms with Crippen molar-refractivity contribution in [2.75, 3.05) is 14.1 Å². The molecule has 2 aromatic heterocycles. The molecule has 0 saturated carbocycles. The van der Waals surface area contributed by atoms with Crippen LogP contribution < -0.4 is 0 Å². The molecule has 7 nitrogen and oxygen atoms in total. The summed E-state index contributed by atoms with van der Waals surface area (Å²) in [6.07, 6.45) is 6.41. The molecule has 0 aliphatic heterocycles. The van der Waals surface area contributed by atoms with Crippen LogP contribution in [0.1, 0.15) is 5.56 Å². The summed E-state index contributed by atoms with van der Waals surface area (Å²) in [6.45, 7) is 0. The number of aliphatic imine (C=N–C) groups is 1. The number of rotatable bonds is 4. The molecule has 2 heterocycles. The highest BCUT2D eigenvalue weighted by Gasteiger charge is 2.12. The Kier molecular flexibility index (Phi) is 4.29. The summed E-state index contributed by atoms with van der Waals surface area (Å²) in [4.78, 5) is 18.8. The van der Waals surface area contributed by atoms with Gasteiger partial charge in [0.05, 0.1) is 6.34 Å². The highest BCUT2D eigenvalue weighted by atomic mass is 15.2. The van der Waals surface area contributed by atoms with Gasteiger partial charge in [0.15, 0.2) is 17.0 Å². The molecule has 0 fully saturated rings. The van der Waals surface area contributed by atoms with Crippen molar-refractivity contribution in [1.29, 1.82) is 5.26 Å². The van der Waals surface area contributed by atoms with Gasteiger partial charge in [-0.2, -0.15) is 5.26 Å². The maximum Gasteiger partial charge on any atom is 0.185 e. The van der Waals surface area contributed by atoms with Gasteiger partial charge in [0.25, 0.3) is 0 Å². The van der Waals surface area contributed by atoms with Gasteiger partial charge in [-0.1, -0.05) is 30.3 Å². The quantitative estimate of drug-likeness (QED) is 0.419. The van der Waals surface area contributed by atoms with E-state index in [2.05, 4.69) is 26.0 Å². The van der Waals surface area contributed by atoms with Crippen LogP contribution in [0.25, 0.3) is 22.9 Å². The number of nitriles is 1. The molecule has 0 radical (unpaired) electrons. The predicted octanol–water partition coefficient (Wildman–Crippen LogP) is 2.57. The van der Waals surface area contributed by atoms with Crippen molar-refractivity contribution >= 4 is 35.1 Å². The summed E-state index contributed by atoms with van der Waals surface area (Å²) in [5.74, 6) is 0.462. The van der Waals surface area contributed by atoms with Crippen LogP contribution in [-0.4, -0.2) is 44.9 Å². The molecule has 0 amide bonds. The molecular formula is C17H15N7. The Labute approximate surface area is 139 Å². The van der Waals surface area contributed by atoms with E-state index in [9.17, 15) is 5.26 Å². The minimum absolute atomic E-state index is 0.421. The van der Waals surface area contributed by atoms with E-state index in [0.29, 0.717) is 22.7 Å². The largest absolute Gasteiger partial charge is 0.369 e. The topological polar surface area (TPSA) is 83.0 Å². The summed E-state index contributed by atoms with van der Waals surface area (Å²) in [7, 11) is 3.74. The molecule has 0 aliphatic carbocycles. The normalized spacial score (nSPS) is 11.8. The van der Waals surface area contributed by atoms with E-state index in [1.54, 1.807) is 28.2 Å². The number of hydrogen-bond acceptors (Lipinski definition) is 5. The first-order valence-electron chi connectivity index (χ1n) is 7.25. The molecule has 118 valence electrons. The zero-order valence-corrected chi connectivity index (χ0v) is 13.3. The van der Waals surface area contributed by atoms with Gasteiger partial charge < -0.3 is 4.90 Å². The molecule has 0 spiro atoms. The molecule has 0 bridgehead atoms. The number of hydrogen-bond donors (Lipinski definition) is 0. The van der Waals surface area contributed by atoms with E-state index in [4.69, 9.17) is 0 Å². The molecule has 3 aromatic rings. The molecule has 0 atom stereocenters. The third kappa shape index (κ3) is 3.13. The van der Waals surface area contributed by atoms with Crippen LogP contribution in [0.3, 0.4) is 0 Å². The van der Waals surface area contributed by atoms with Gasteiger partial charge in [0.2, 0.25) is 0 Å². The Morgan fingerprint density at radius 2 is 2.00 bits per heavy atom. The Balaban J connectivity index is 2.09. The van der Waals surface area contributed by atoms with Crippen LogP contribution in [0, 0.1) is 11.3 Å². The van der Waals surface area contributed by atoms with Crippen LogP contribution in [0.5, 0.6) is 0 Å². The van der Waals surface area contributed by atoms with E-state index in [1.807, 2.05) is 44.4 Å². The van der Waals surface area contributed by atoms with Crippen LogP contribution in [0.2, 0.25) is 0 Å². The van der Waals surface area contributed by atoms with Crippen molar-refractivity contribution in [3.05, 3.63) is 48.5 Å². The summed E-state index contributed by atoms with van der Waals surface area (Å²) >= 11 is 0. The first-order chi connectivity index (χ1) is 11.7. The third-order valence-electron chi connectivity index (χ3n) is 3.20. The Morgan fingerprint density at radius 1 is 1.21 bits per heavy atom. The Bertz CT molecular complexity index is 946. The van der Waals surface area contributed by atoms with Crippen LogP contribution in [0.4, 0.5) is 5.82 Å². The standard InChI is InChI=1S/C17H15N7/c1-23(2)11-22-16-15-17(20-10-19-16)24(12-21-15)14(9-18)8-13-6-4-3-5-7-13/h3-8,10-12H,1-2H3/b14-8+,22-11+. The summed E-state index contributed by atoms with van der Waals surface area (Å²) in [5.41, 5.74) is 2.44. The van der Waals surface area contributed by atoms with Gasteiger partial charge in [-0.15, -0.1) is 0 Å². The van der Waals surface area contributed by atoms with Gasteiger partial charge in [-0.25, -0.2) is 19.9 Å². The second-order valence-electron chi connectivity index (χ2n) is 5.24. The number of benzene rings is 1. The molecule has 0 unspecified atom stereocenters. The number of fused-ring (bicyclic) bond motifs is 1. The zero-order valence-electron chi connectivity index (χ0n) is 13.3. The molecule has 0 N–H and O–H groups in total. The van der Waals surface area contributed by atoms with Crippen molar-refractivity contribution in [3.63, 3.8) is 0 Å². The smallest absolute Gasteiger partial charge is 0.185 e. The molecule has 0 saturated heterocycles. The average molecular weight is 317 g/mol. The van der Waals surface area contributed by atoms with Crippen LogP contribution in [0.15, 0.2) is 48.0 Å². The number of nitrogens with zero attached hydrogens (tertiary/aromatic N) is 7. The van der Waals surface area contributed by atoms with E-state index in [1.165, 1.54) is 6.33 Å². The molecule has 24 heavy (non-hydrogen) atoms. The number of imidazole rings is 1. The Morgan fingerprint density at radius 3 is 2.71 bits per heavy atom. The first kappa shape index (κ1) is 15.4. The maximum absolute atomic E-state index is 9.52. The zero-order chi connectivity index (χ0) is 16.9. The number of allylic oxidation sites excluding steroid dienone is 1. The minimum atomic E-state index is 0.421. The molecule has 3 rings (SSSR count). The van der Waals surface area contributed by atoms with Crippen molar-refractivity contribution < 1.29 is 0 Å². The molecule has 7 heteroatoms. The highest BCUT2D eigenvalue weighted by molar-refractivity contribution is 5.89. The lowest BCUT2D eigenvalue weighted by Gasteiger charge is -2.03. The van der Waals surface area contributed by atoms with Gasteiger partial charge in [0.1, 0.15) is 24.4 Å². The van der Waals surface area contributed by atoms with Gasteiger partial charge in [0, 0.05) is 14.1 Å². The van der Waals surface area contributed by atoms with Gasteiger partial charge in [-0.3, -0.25) is 4.57 Å². The molecule has 0 aliphatic rings. The highest BCUT2D eigenvalue weighted by Crippen LogP contribution is 2.23. The second kappa shape index (κ2) is 6.71. The van der Waals surface area contributed by atoms with Crippen LogP contribution in [-0.2, 0) is 0 Å². The Hall–Kier alpha value is -3.53. The monoisotopic (exact) mass is 317 g/mol. The minimum Gasteiger partial charge on any atom is -0.369 e. The lowest BCUT2D eigenvalue weighted by Crippen LogP contribution is -2.07. The fraction of sp³-hybridized carbons (Fsp3) is 0.118. The fourth-order valence-electron chi connectivity index (χ4n) is 2.13. The molecule has 1 aromatic carbocycles. The average Bonchev–Trinajstić information content (AvgIpc) is 3.03. The summed E-state index contributed by atoms with van der Waals surface area (Å²) < 4.78 is 1.64. The van der Waals surface area contributed by atoms with E-state index < -0.39 is 0 Å². The lowest BCUT2D eigenvalue weighted by molar-refractivity contribution is 0.643. The van der Waals surface area contributed by atoms with E-state index >= 15 is 0 Å². The lowest BCUT2D eigenvalue weighted by atomic mass is 10.2. The number of aromatic nitrogens is 4. The first-order valence-corrected chi connectivity index (χ1v) is 7.25. The van der Waals surface area contributed by atoms with Gasteiger partial charge >= 0.3 is 0 Å². The predicted molar refractivity (Wildman–Crippen MR) is 93.4 cm³/mol. The fourth-order valence-corrected chi connectivity index (χ4v) is 2.13. The summed E-state index contributed by atoms with van der Waals surface area (Å²) in [6, 6.07) is 11.8. The van der Waals surface area contributed by atoms with Crippen molar-refractivity contribution in [1.82, 2.24) is 24.4 Å². The van der Waals surface area contributed by atoms with Gasteiger partial charge in [-0.05, 0) is 11.6 Å². The van der Waals surface area contributed by atoms with Crippen molar-refractivity contribution in [2.45, 2.75) is 0 Å². The SMILES string of the molecule is CN(C)/C=N/c1ncnc2c1ncn2/C(C#N)=C/c1ccccc1. The van der Waals surface area contributed by atoms with Crippen molar-refractivity contribution in [2.24, 2.45) is 4.99 Å².